The third kappa shape index (κ3) is 7.34. The van der Waals surface area contributed by atoms with Gasteiger partial charge in [0.15, 0.2) is 0 Å². The maximum Gasteiger partial charge on any atom is 0.250 e. The van der Waals surface area contributed by atoms with Gasteiger partial charge in [-0.2, -0.15) is 0 Å². The number of carbonyl (C=O) groups is 1. The summed E-state index contributed by atoms with van der Waals surface area (Å²) in [5, 5.41) is 3.44. The fraction of sp³-hybridized carbons (Fsp3) is 0.600. The van der Waals surface area contributed by atoms with Crippen LogP contribution in [0, 0.1) is 5.92 Å². The minimum absolute atomic E-state index is 0.0264. The standard InChI is InChI=1S/C30H42BrN3O4/c1-33-13-11-22(18-28(33)35)26-10-12-32-19-27(26)30(36)34(25-8-9-25)20-24-17-21(6-4-14-37-2)16-23(29(24)31)7-5-15-38-3/h11,13,16-18,25-27,32H,4-10,12,14-15,19-20H2,1-3H3/t26-,27+/m0/s1. The van der Waals surface area contributed by atoms with Crippen LogP contribution in [-0.2, 0) is 40.7 Å². The number of benzene rings is 1. The van der Waals surface area contributed by atoms with Gasteiger partial charge in [-0.25, -0.2) is 0 Å². The number of hydrogen-bond acceptors (Lipinski definition) is 5. The summed E-state index contributed by atoms with van der Waals surface area (Å²) in [6, 6.07) is 8.56. The number of aryl methyl sites for hydroxylation is 3. The van der Waals surface area contributed by atoms with Gasteiger partial charge in [0.25, 0.3) is 5.56 Å². The average Bonchev–Trinajstić information content (AvgIpc) is 3.76. The molecule has 1 N–H and O–H groups in total. The largest absolute Gasteiger partial charge is 0.385 e. The molecule has 1 saturated carbocycles. The molecule has 2 aliphatic rings. The van der Waals surface area contributed by atoms with Crippen molar-refractivity contribution in [3.63, 3.8) is 0 Å². The molecule has 4 rings (SSSR count). The highest BCUT2D eigenvalue weighted by Crippen LogP contribution is 2.37. The lowest BCUT2D eigenvalue weighted by molar-refractivity contribution is -0.138. The second-order valence-corrected chi connectivity index (χ2v) is 11.5. The Hall–Kier alpha value is -2.00. The molecule has 0 bridgehead atoms. The molecule has 0 radical (unpaired) electrons. The summed E-state index contributed by atoms with van der Waals surface area (Å²) in [5.41, 5.74) is 4.68. The average molecular weight is 589 g/mol. The number of piperidine rings is 1. The van der Waals surface area contributed by atoms with E-state index in [9.17, 15) is 9.59 Å². The number of carbonyl (C=O) groups excluding carboxylic acids is 1. The Kier molecular flexibility index (Phi) is 10.6. The molecule has 8 heteroatoms. The lowest BCUT2D eigenvalue weighted by atomic mass is 9.80. The molecule has 1 amide bonds. The van der Waals surface area contributed by atoms with Crippen LogP contribution in [0.3, 0.4) is 0 Å². The summed E-state index contributed by atoms with van der Waals surface area (Å²) in [6.45, 7) is 3.55. The van der Waals surface area contributed by atoms with Gasteiger partial charge in [-0.05, 0) is 85.7 Å². The minimum atomic E-state index is -0.179. The minimum Gasteiger partial charge on any atom is -0.385 e. The van der Waals surface area contributed by atoms with Crippen LogP contribution in [0.15, 0.2) is 39.7 Å². The molecule has 2 atom stereocenters. The topological polar surface area (TPSA) is 72.8 Å². The summed E-state index contributed by atoms with van der Waals surface area (Å²) in [6.07, 6.45) is 8.55. The van der Waals surface area contributed by atoms with E-state index in [0.717, 1.165) is 74.7 Å². The van der Waals surface area contributed by atoms with Crippen molar-refractivity contribution in [1.29, 1.82) is 0 Å². The molecule has 0 spiro atoms. The molecular formula is C30H42BrN3O4. The maximum atomic E-state index is 14.2. The molecule has 1 aliphatic heterocycles. The smallest absolute Gasteiger partial charge is 0.250 e. The van der Waals surface area contributed by atoms with Crippen molar-refractivity contribution in [3.8, 4) is 0 Å². The van der Waals surface area contributed by atoms with E-state index in [4.69, 9.17) is 9.47 Å². The summed E-state index contributed by atoms with van der Waals surface area (Å²) >= 11 is 3.90. The Balaban J connectivity index is 1.59. The van der Waals surface area contributed by atoms with Crippen LogP contribution in [0.2, 0.25) is 0 Å². The first-order chi connectivity index (χ1) is 18.4. The van der Waals surface area contributed by atoms with Crippen LogP contribution in [0.25, 0.3) is 0 Å². The van der Waals surface area contributed by atoms with Crippen molar-refractivity contribution in [2.24, 2.45) is 13.0 Å². The number of hydrogen-bond donors (Lipinski definition) is 1. The summed E-state index contributed by atoms with van der Waals surface area (Å²) in [5.74, 6) is 0.0663. The number of halogens is 1. The van der Waals surface area contributed by atoms with E-state index >= 15 is 0 Å². The number of nitrogens with one attached hydrogen (secondary N) is 1. The number of ether oxygens (including phenoxy) is 2. The van der Waals surface area contributed by atoms with Crippen LogP contribution >= 0.6 is 15.9 Å². The Morgan fingerprint density at radius 1 is 1.08 bits per heavy atom. The third-order valence-corrected chi connectivity index (χ3v) is 8.88. The first kappa shape index (κ1) is 29.0. The zero-order valence-corrected chi connectivity index (χ0v) is 24.6. The first-order valence-corrected chi connectivity index (χ1v) is 14.7. The van der Waals surface area contributed by atoms with Gasteiger partial charge in [0.1, 0.15) is 0 Å². The van der Waals surface area contributed by atoms with Gasteiger partial charge in [-0.15, -0.1) is 0 Å². The lowest BCUT2D eigenvalue weighted by Gasteiger charge is -2.36. The highest BCUT2D eigenvalue weighted by Gasteiger charge is 2.40. The Morgan fingerprint density at radius 2 is 1.79 bits per heavy atom. The molecule has 208 valence electrons. The normalized spacial score (nSPS) is 19.5. The fourth-order valence-electron chi connectivity index (χ4n) is 5.57. The van der Waals surface area contributed by atoms with Crippen molar-refractivity contribution in [2.45, 2.75) is 63.5 Å². The lowest BCUT2D eigenvalue weighted by Crippen LogP contribution is -2.47. The number of amides is 1. The number of methoxy groups -OCH3 is 2. The number of nitrogens with zero attached hydrogens (tertiary/aromatic N) is 2. The summed E-state index contributed by atoms with van der Waals surface area (Å²) in [7, 11) is 5.24. The Labute approximate surface area is 235 Å². The van der Waals surface area contributed by atoms with Gasteiger partial charge in [0.2, 0.25) is 5.91 Å². The van der Waals surface area contributed by atoms with E-state index in [0.29, 0.717) is 13.1 Å². The molecule has 2 fully saturated rings. The highest BCUT2D eigenvalue weighted by molar-refractivity contribution is 9.10. The van der Waals surface area contributed by atoms with E-state index in [-0.39, 0.29) is 29.3 Å². The van der Waals surface area contributed by atoms with E-state index < -0.39 is 0 Å². The fourth-order valence-corrected chi connectivity index (χ4v) is 6.12. The van der Waals surface area contributed by atoms with Gasteiger partial charge in [-0.3, -0.25) is 9.59 Å². The van der Waals surface area contributed by atoms with Crippen molar-refractivity contribution in [3.05, 3.63) is 67.5 Å². The van der Waals surface area contributed by atoms with Crippen molar-refractivity contribution in [1.82, 2.24) is 14.8 Å². The van der Waals surface area contributed by atoms with Gasteiger partial charge in [0, 0.05) is 70.3 Å². The van der Waals surface area contributed by atoms with Gasteiger partial charge in [-0.1, -0.05) is 28.1 Å². The highest BCUT2D eigenvalue weighted by atomic mass is 79.9. The monoisotopic (exact) mass is 587 g/mol. The molecule has 7 nitrogen and oxygen atoms in total. The molecule has 1 saturated heterocycles. The molecule has 1 aromatic carbocycles. The number of aromatic nitrogens is 1. The third-order valence-electron chi connectivity index (χ3n) is 7.86. The molecule has 1 aromatic heterocycles. The quantitative estimate of drug-likeness (QED) is 0.356. The van der Waals surface area contributed by atoms with E-state index in [1.807, 2.05) is 12.3 Å². The predicted molar refractivity (Wildman–Crippen MR) is 154 cm³/mol. The second kappa shape index (κ2) is 13.9. The molecule has 0 unspecified atom stereocenters. The number of rotatable bonds is 13. The van der Waals surface area contributed by atoms with E-state index in [2.05, 4.69) is 38.3 Å². The van der Waals surface area contributed by atoms with Crippen molar-refractivity contribution < 1.29 is 14.3 Å². The SMILES string of the molecule is COCCCc1cc(CCCOC)c(Br)c(CN(C(=O)[C@@H]2CNCC[C@H]2c2ccn(C)c(=O)c2)C2CC2)c1. The Bertz CT molecular complexity index is 1150. The van der Waals surface area contributed by atoms with Gasteiger partial charge in [0.05, 0.1) is 5.92 Å². The molecular weight excluding hydrogens is 546 g/mol. The maximum absolute atomic E-state index is 14.2. The molecule has 2 heterocycles. The zero-order chi connectivity index (χ0) is 27.1. The van der Waals surface area contributed by atoms with E-state index in [1.165, 1.54) is 16.7 Å². The van der Waals surface area contributed by atoms with Crippen LogP contribution in [0.4, 0.5) is 0 Å². The number of pyridine rings is 1. The zero-order valence-electron chi connectivity index (χ0n) is 23.0. The summed E-state index contributed by atoms with van der Waals surface area (Å²) < 4.78 is 13.3. The van der Waals surface area contributed by atoms with E-state index in [1.54, 1.807) is 31.9 Å². The second-order valence-electron chi connectivity index (χ2n) is 10.7. The van der Waals surface area contributed by atoms with Crippen molar-refractivity contribution >= 4 is 21.8 Å². The van der Waals surface area contributed by atoms with Gasteiger partial charge < -0.3 is 24.3 Å². The van der Waals surface area contributed by atoms with Crippen LogP contribution < -0.4 is 10.9 Å². The van der Waals surface area contributed by atoms with Crippen LogP contribution in [0.1, 0.15) is 60.3 Å². The summed E-state index contributed by atoms with van der Waals surface area (Å²) in [4.78, 5) is 28.7. The van der Waals surface area contributed by atoms with Crippen molar-refractivity contribution in [2.75, 3.05) is 40.5 Å². The molecule has 38 heavy (non-hydrogen) atoms. The Morgan fingerprint density at radius 3 is 2.47 bits per heavy atom. The van der Waals surface area contributed by atoms with Gasteiger partial charge >= 0.3 is 0 Å². The van der Waals surface area contributed by atoms with Crippen LogP contribution in [-0.4, -0.2) is 61.9 Å². The predicted octanol–water partition coefficient (Wildman–Crippen LogP) is 4.19. The molecule has 1 aliphatic carbocycles. The first-order valence-electron chi connectivity index (χ1n) is 13.9. The molecule has 2 aromatic rings. The van der Waals surface area contributed by atoms with Crippen LogP contribution in [0.5, 0.6) is 0 Å².